The molecule has 2 N–H and O–H groups in total. The first kappa shape index (κ1) is 25.3. The summed E-state index contributed by atoms with van der Waals surface area (Å²) < 4.78 is 11.3. The highest BCUT2D eigenvalue weighted by atomic mass is 16.5. The highest BCUT2D eigenvalue weighted by Gasteiger charge is 2.22. The van der Waals surface area contributed by atoms with Gasteiger partial charge in [0.05, 0.1) is 13.2 Å². The minimum absolute atomic E-state index is 0.195. The zero-order valence-electron chi connectivity index (χ0n) is 21.0. The van der Waals surface area contributed by atoms with Crippen molar-refractivity contribution in [3.8, 4) is 5.75 Å². The molecule has 4 aromatic rings. The number of benzene rings is 4. The van der Waals surface area contributed by atoms with Gasteiger partial charge in [0, 0.05) is 30.8 Å². The summed E-state index contributed by atoms with van der Waals surface area (Å²) in [5, 5.41) is 14.3. The first-order valence-corrected chi connectivity index (χ1v) is 12.7. The van der Waals surface area contributed by atoms with Gasteiger partial charge in [0.15, 0.2) is 0 Å². The largest absolute Gasteiger partial charge is 0.489 e. The van der Waals surface area contributed by atoms with Crippen LogP contribution in [0.3, 0.4) is 0 Å². The third-order valence-electron chi connectivity index (χ3n) is 6.68. The fourth-order valence-electron chi connectivity index (χ4n) is 4.54. The molecule has 0 spiro atoms. The number of carboxylic acids is 1. The highest BCUT2D eigenvalue weighted by molar-refractivity contribution is 6.00. The molecule has 0 bridgehead atoms. The molecule has 0 aromatic heterocycles. The van der Waals surface area contributed by atoms with Crippen LogP contribution >= 0.6 is 0 Å². The smallest absolute Gasteiger partial charge is 0.326 e. The molecule has 194 valence electrons. The van der Waals surface area contributed by atoms with Gasteiger partial charge in [-0.1, -0.05) is 54.6 Å². The second kappa shape index (κ2) is 11.8. The highest BCUT2D eigenvalue weighted by Crippen LogP contribution is 2.23. The first-order valence-electron chi connectivity index (χ1n) is 12.7. The number of carbonyl (C=O) groups is 2. The van der Waals surface area contributed by atoms with Gasteiger partial charge in [0.2, 0.25) is 0 Å². The fourth-order valence-corrected chi connectivity index (χ4v) is 4.54. The monoisotopic (exact) mass is 510 g/mol. The summed E-state index contributed by atoms with van der Waals surface area (Å²) in [7, 11) is 0. The molecule has 0 saturated carbocycles. The number of hydrogen-bond donors (Lipinski definition) is 2. The second-order valence-electron chi connectivity index (χ2n) is 9.33. The van der Waals surface area contributed by atoms with E-state index in [1.165, 1.54) is 0 Å². The Morgan fingerprint density at radius 3 is 2.32 bits per heavy atom. The van der Waals surface area contributed by atoms with Gasteiger partial charge in [0.1, 0.15) is 18.4 Å². The zero-order chi connectivity index (χ0) is 26.3. The summed E-state index contributed by atoms with van der Waals surface area (Å²) >= 11 is 0. The van der Waals surface area contributed by atoms with E-state index in [0.29, 0.717) is 25.4 Å². The van der Waals surface area contributed by atoms with Gasteiger partial charge in [-0.3, -0.25) is 4.79 Å². The third-order valence-corrected chi connectivity index (χ3v) is 6.68. The molecule has 7 heteroatoms. The van der Waals surface area contributed by atoms with Crippen LogP contribution in [0.1, 0.15) is 21.5 Å². The lowest BCUT2D eigenvalue weighted by Crippen LogP contribution is -2.42. The number of anilines is 1. The lowest BCUT2D eigenvalue weighted by molar-refractivity contribution is -0.139. The van der Waals surface area contributed by atoms with Crippen molar-refractivity contribution < 1.29 is 24.2 Å². The lowest BCUT2D eigenvalue weighted by Gasteiger charge is -2.29. The maximum atomic E-state index is 13.0. The molecule has 0 aliphatic carbocycles. The minimum atomic E-state index is -1.07. The normalized spacial score (nSPS) is 14.2. The van der Waals surface area contributed by atoms with Gasteiger partial charge < -0.3 is 24.8 Å². The van der Waals surface area contributed by atoms with E-state index in [2.05, 4.69) is 10.2 Å². The summed E-state index contributed by atoms with van der Waals surface area (Å²) in [5.74, 6) is -0.755. The van der Waals surface area contributed by atoms with Gasteiger partial charge in [-0.25, -0.2) is 4.79 Å². The summed E-state index contributed by atoms with van der Waals surface area (Å²) in [5.41, 5.74) is 3.42. The average Bonchev–Trinajstić information content (AvgIpc) is 2.96. The maximum Gasteiger partial charge on any atom is 0.326 e. The molecule has 1 aliphatic rings. The summed E-state index contributed by atoms with van der Waals surface area (Å²) in [6.07, 6.45) is 0.195. The second-order valence-corrected chi connectivity index (χ2v) is 9.33. The average molecular weight is 511 g/mol. The van der Waals surface area contributed by atoms with Crippen LogP contribution in [0.2, 0.25) is 0 Å². The van der Waals surface area contributed by atoms with Crippen molar-refractivity contribution in [2.24, 2.45) is 0 Å². The Balaban J connectivity index is 1.22. The van der Waals surface area contributed by atoms with Gasteiger partial charge >= 0.3 is 5.97 Å². The Labute approximate surface area is 221 Å². The number of morpholine rings is 1. The van der Waals surface area contributed by atoms with Gasteiger partial charge in [-0.05, 0) is 58.3 Å². The van der Waals surface area contributed by atoms with Crippen LogP contribution in [0.5, 0.6) is 5.75 Å². The molecule has 1 saturated heterocycles. The number of nitrogens with one attached hydrogen (secondary N) is 1. The summed E-state index contributed by atoms with van der Waals surface area (Å²) in [6.45, 7) is 3.54. The Kier molecular flexibility index (Phi) is 7.85. The van der Waals surface area contributed by atoms with E-state index in [1.807, 2.05) is 78.9 Å². The van der Waals surface area contributed by atoms with Gasteiger partial charge in [-0.15, -0.1) is 0 Å². The number of fused-ring (bicyclic) bond motifs is 1. The Morgan fingerprint density at radius 2 is 1.58 bits per heavy atom. The fraction of sp³-hybridized carbons (Fsp3) is 0.226. The number of hydrogen-bond acceptors (Lipinski definition) is 5. The Bertz CT molecular complexity index is 1400. The van der Waals surface area contributed by atoms with Crippen LogP contribution < -0.4 is 15.0 Å². The number of carboxylic acid groups (broad SMARTS) is 1. The molecule has 1 amide bonds. The number of carbonyl (C=O) groups excluding carboxylic acids is 1. The molecular formula is C31H30N2O5. The molecule has 1 fully saturated rings. The van der Waals surface area contributed by atoms with E-state index in [-0.39, 0.29) is 6.42 Å². The summed E-state index contributed by atoms with van der Waals surface area (Å²) in [4.78, 5) is 27.1. The van der Waals surface area contributed by atoms with Gasteiger partial charge in [-0.2, -0.15) is 0 Å². The van der Waals surface area contributed by atoms with E-state index in [0.717, 1.165) is 46.4 Å². The quantitative estimate of drug-likeness (QED) is 0.340. The lowest BCUT2D eigenvalue weighted by atomic mass is 10.0. The summed E-state index contributed by atoms with van der Waals surface area (Å²) in [6, 6.07) is 27.7. The van der Waals surface area contributed by atoms with E-state index in [4.69, 9.17) is 9.47 Å². The number of amides is 1. The molecule has 1 atom stereocenters. The van der Waals surface area contributed by atoms with Crippen LogP contribution in [0.15, 0.2) is 91.0 Å². The SMILES string of the molecule is O=C(NC(Cc1ccc(N2CCOCC2)cc1)C(=O)O)c1ccc2cc(OCc3ccccc3)ccc2c1. The molecule has 1 aliphatic heterocycles. The maximum absolute atomic E-state index is 13.0. The topological polar surface area (TPSA) is 88.1 Å². The molecule has 5 rings (SSSR count). The van der Waals surface area contributed by atoms with E-state index >= 15 is 0 Å². The van der Waals surface area contributed by atoms with Crippen molar-refractivity contribution in [1.82, 2.24) is 5.32 Å². The van der Waals surface area contributed by atoms with Crippen molar-refractivity contribution in [2.45, 2.75) is 19.1 Å². The van der Waals surface area contributed by atoms with Crippen molar-refractivity contribution in [1.29, 1.82) is 0 Å². The van der Waals surface area contributed by atoms with Crippen LogP contribution in [0.25, 0.3) is 10.8 Å². The van der Waals surface area contributed by atoms with Crippen molar-refractivity contribution in [3.63, 3.8) is 0 Å². The van der Waals surface area contributed by atoms with Crippen molar-refractivity contribution >= 4 is 28.3 Å². The van der Waals surface area contributed by atoms with E-state index in [1.54, 1.807) is 12.1 Å². The Morgan fingerprint density at radius 1 is 0.868 bits per heavy atom. The minimum Gasteiger partial charge on any atom is -0.489 e. The Hall–Kier alpha value is -4.36. The van der Waals surface area contributed by atoms with Crippen LogP contribution in [0.4, 0.5) is 5.69 Å². The molecular weight excluding hydrogens is 480 g/mol. The number of ether oxygens (including phenoxy) is 2. The van der Waals surface area contributed by atoms with Crippen LogP contribution in [-0.4, -0.2) is 49.3 Å². The molecule has 4 aromatic carbocycles. The third kappa shape index (κ3) is 6.30. The number of aliphatic carboxylic acids is 1. The van der Waals surface area contributed by atoms with Crippen molar-refractivity contribution in [2.75, 3.05) is 31.2 Å². The molecule has 38 heavy (non-hydrogen) atoms. The van der Waals surface area contributed by atoms with E-state index < -0.39 is 17.9 Å². The first-order chi connectivity index (χ1) is 18.5. The van der Waals surface area contributed by atoms with E-state index in [9.17, 15) is 14.7 Å². The van der Waals surface area contributed by atoms with Crippen LogP contribution in [-0.2, 0) is 22.6 Å². The molecule has 1 unspecified atom stereocenters. The standard InChI is InChI=1S/C31H30N2O5/c34-30(32-29(31(35)36)18-22-6-11-27(12-7-22)33-14-16-37-17-15-33)26-9-8-25-20-28(13-10-24(25)19-26)38-21-23-4-2-1-3-5-23/h1-13,19-20,29H,14-18,21H2,(H,32,34)(H,35,36). The van der Waals surface area contributed by atoms with Crippen LogP contribution in [0, 0.1) is 0 Å². The predicted molar refractivity (Wildman–Crippen MR) is 147 cm³/mol. The molecule has 1 heterocycles. The zero-order valence-corrected chi connectivity index (χ0v) is 21.0. The number of rotatable bonds is 9. The van der Waals surface area contributed by atoms with Gasteiger partial charge in [0.25, 0.3) is 5.91 Å². The number of nitrogens with zero attached hydrogens (tertiary/aromatic N) is 1. The molecule has 0 radical (unpaired) electrons. The van der Waals surface area contributed by atoms with Crippen molar-refractivity contribution in [3.05, 3.63) is 108 Å². The predicted octanol–water partition coefficient (Wildman–Crippen LogP) is 4.68. The molecule has 7 nitrogen and oxygen atoms in total.